The molecule has 0 fully saturated rings. The minimum atomic E-state index is -0.919. The van der Waals surface area contributed by atoms with Gasteiger partial charge < -0.3 is 10.2 Å². The van der Waals surface area contributed by atoms with Crippen LogP contribution in [0.4, 0.5) is 11.4 Å². The molecule has 0 saturated carbocycles. The van der Waals surface area contributed by atoms with Crippen molar-refractivity contribution in [2.24, 2.45) is 5.10 Å². The second kappa shape index (κ2) is 8.50. The summed E-state index contributed by atoms with van der Waals surface area (Å²) in [5.41, 5.74) is 4.22. The standard InChI is InChI=1S/C17H16Cl2N4O2/c1-23(2)12-8-6-11(7-9-12)10-20-22-17(25)16(24)21-14-5-3-4-13(18)15(14)19/h3-10H,1-2H3,(H,21,24)(H,22,25). The maximum Gasteiger partial charge on any atom is 0.329 e. The molecule has 6 nitrogen and oxygen atoms in total. The third-order valence-electron chi connectivity index (χ3n) is 3.20. The lowest BCUT2D eigenvalue weighted by Gasteiger charge is -2.11. The number of carbonyl (C=O) groups is 2. The van der Waals surface area contributed by atoms with Crippen LogP contribution in [0.25, 0.3) is 0 Å². The van der Waals surface area contributed by atoms with Crippen LogP contribution in [0.5, 0.6) is 0 Å². The number of halogens is 2. The number of nitrogens with one attached hydrogen (secondary N) is 2. The van der Waals surface area contributed by atoms with Gasteiger partial charge in [-0.1, -0.05) is 41.4 Å². The number of benzene rings is 2. The molecule has 25 heavy (non-hydrogen) atoms. The normalized spacial score (nSPS) is 10.6. The molecule has 2 aromatic carbocycles. The van der Waals surface area contributed by atoms with Crippen molar-refractivity contribution in [1.29, 1.82) is 0 Å². The minimum Gasteiger partial charge on any atom is -0.378 e. The third kappa shape index (κ3) is 5.20. The van der Waals surface area contributed by atoms with Crippen molar-refractivity contribution in [3.63, 3.8) is 0 Å². The van der Waals surface area contributed by atoms with Crippen LogP contribution in [-0.2, 0) is 9.59 Å². The van der Waals surface area contributed by atoms with Crippen LogP contribution in [0.15, 0.2) is 47.6 Å². The van der Waals surface area contributed by atoms with Crippen LogP contribution in [0.3, 0.4) is 0 Å². The molecule has 0 unspecified atom stereocenters. The van der Waals surface area contributed by atoms with E-state index in [4.69, 9.17) is 23.2 Å². The first kappa shape index (κ1) is 18.8. The number of amides is 2. The molecule has 2 amide bonds. The third-order valence-corrected chi connectivity index (χ3v) is 4.01. The molecule has 0 atom stereocenters. The molecule has 0 saturated heterocycles. The zero-order valence-electron chi connectivity index (χ0n) is 13.6. The average molecular weight is 379 g/mol. The smallest absolute Gasteiger partial charge is 0.329 e. The monoisotopic (exact) mass is 378 g/mol. The summed E-state index contributed by atoms with van der Waals surface area (Å²) in [4.78, 5) is 25.6. The van der Waals surface area contributed by atoms with E-state index >= 15 is 0 Å². The molecule has 0 spiro atoms. The van der Waals surface area contributed by atoms with Crippen molar-refractivity contribution in [1.82, 2.24) is 5.43 Å². The van der Waals surface area contributed by atoms with Crippen molar-refractivity contribution >= 4 is 52.6 Å². The molecule has 0 heterocycles. The molecule has 130 valence electrons. The number of hydrazone groups is 1. The SMILES string of the molecule is CN(C)c1ccc(C=NNC(=O)C(=O)Nc2cccc(Cl)c2Cl)cc1. The summed E-state index contributed by atoms with van der Waals surface area (Å²) < 4.78 is 0. The number of nitrogens with zero attached hydrogens (tertiary/aromatic N) is 2. The minimum absolute atomic E-state index is 0.162. The number of rotatable bonds is 4. The highest BCUT2D eigenvalue weighted by Crippen LogP contribution is 2.29. The quantitative estimate of drug-likeness (QED) is 0.487. The fourth-order valence-corrected chi connectivity index (χ4v) is 2.20. The fraction of sp³-hybridized carbons (Fsp3) is 0.118. The van der Waals surface area contributed by atoms with Gasteiger partial charge in [-0.05, 0) is 29.8 Å². The van der Waals surface area contributed by atoms with Crippen LogP contribution < -0.4 is 15.6 Å². The second-order valence-corrected chi connectivity index (χ2v) is 6.03. The zero-order chi connectivity index (χ0) is 18.4. The van der Waals surface area contributed by atoms with E-state index in [0.29, 0.717) is 0 Å². The predicted octanol–water partition coefficient (Wildman–Crippen LogP) is 3.15. The summed E-state index contributed by atoms with van der Waals surface area (Å²) in [6.07, 6.45) is 1.44. The summed E-state index contributed by atoms with van der Waals surface area (Å²) in [5.74, 6) is -1.82. The Morgan fingerprint density at radius 3 is 2.36 bits per heavy atom. The summed E-state index contributed by atoms with van der Waals surface area (Å²) in [5, 5.41) is 6.57. The summed E-state index contributed by atoms with van der Waals surface area (Å²) in [6, 6.07) is 12.2. The van der Waals surface area contributed by atoms with E-state index in [1.165, 1.54) is 12.3 Å². The molecular formula is C17H16Cl2N4O2. The van der Waals surface area contributed by atoms with Gasteiger partial charge >= 0.3 is 11.8 Å². The molecule has 2 N–H and O–H groups in total. The average Bonchev–Trinajstić information content (AvgIpc) is 2.59. The van der Waals surface area contributed by atoms with Gasteiger partial charge in [0, 0.05) is 19.8 Å². The Bertz CT molecular complexity index is 805. The summed E-state index contributed by atoms with van der Waals surface area (Å²) in [7, 11) is 3.88. The van der Waals surface area contributed by atoms with Gasteiger partial charge in [0.05, 0.1) is 21.9 Å². The van der Waals surface area contributed by atoms with Crippen molar-refractivity contribution in [2.75, 3.05) is 24.3 Å². The Kier molecular flexibility index (Phi) is 6.38. The Hall–Kier alpha value is -2.57. The van der Waals surface area contributed by atoms with E-state index in [0.717, 1.165) is 11.3 Å². The number of anilines is 2. The Morgan fingerprint density at radius 1 is 1.04 bits per heavy atom. The second-order valence-electron chi connectivity index (χ2n) is 5.24. The number of hydrogen-bond donors (Lipinski definition) is 2. The molecule has 0 aromatic heterocycles. The van der Waals surface area contributed by atoms with Crippen LogP contribution in [0.1, 0.15) is 5.56 Å². The van der Waals surface area contributed by atoms with Gasteiger partial charge in [-0.2, -0.15) is 5.10 Å². The van der Waals surface area contributed by atoms with Crippen molar-refractivity contribution in [2.45, 2.75) is 0 Å². The van der Waals surface area contributed by atoms with Crippen molar-refractivity contribution in [3.8, 4) is 0 Å². The molecule has 2 aromatic rings. The molecule has 0 radical (unpaired) electrons. The van der Waals surface area contributed by atoms with Crippen LogP contribution >= 0.6 is 23.2 Å². The first-order valence-corrected chi connectivity index (χ1v) is 8.00. The topological polar surface area (TPSA) is 73.8 Å². The van der Waals surface area contributed by atoms with Crippen LogP contribution in [-0.4, -0.2) is 32.1 Å². The van der Waals surface area contributed by atoms with E-state index in [1.807, 2.05) is 43.3 Å². The highest BCUT2D eigenvalue weighted by Gasteiger charge is 2.15. The van der Waals surface area contributed by atoms with Gasteiger partial charge in [-0.15, -0.1) is 0 Å². The molecule has 0 aliphatic carbocycles. The Morgan fingerprint density at radius 2 is 1.72 bits per heavy atom. The molecule has 8 heteroatoms. The maximum atomic E-state index is 11.8. The fourth-order valence-electron chi connectivity index (χ4n) is 1.85. The van der Waals surface area contributed by atoms with E-state index < -0.39 is 11.8 Å². The zero-order valence-corrected chi connectivity index (χ0v) is 15.1. The first-order chi connectivity index (χ1) is 11.9. The largest absolute Gasteiger partial charge is 0.378 e. The summed E-state index contributed by atoms with van der Waals surface area (Å²) in [6.45, 7) is 0. The van der Waals surface area contributed by atoms with Gasteiger partial charge in [-0.3, -0.25) is 9.59 Å². The van der Waals surface area contributed by atoms with Gasteiger partial charge in [-0.25, -0.2) is 5.43 Å². The maximum absolute atomic E-state index is 11.8. The van der Waals surface area contributed by atoms with Gasteiger partial charge in [0.1, 0.15) is 0 Å². The van der Waals surface area contributed by atoms with Gasteiger partial charge in [0.2, 0.25) is 0 Å². The van der Waals surface area contributed by atoms with Crippen LogP contribution in [0, 0.1) is 0 Å². The lowest BCUT2D eigenvalue weighted by atomic mass is 10.2. The van der Waals surface area contributed by atoms with Gasteiger partial charge in [0.15, 0.2) is 0 Å². The first-order valence-electron chi connectivity index (χ1n) is 7.24. The van der Waals surface area contributed by atoms with E-state index in [2.05, 4.69) is 15.8 Å². The van der Waals surface area contributed by atoms with Crippen molar-refractivity contribution < 1.29 is 9.59 Å². The molecule has 0 bridgehead atoms. The van der Waals surface area contributed by atoms with E-state index in [-0.39, 0.29) is 15.7 Å². The summed E-state index contributed by atoms with van der Waals surface area (Å²) >= 11 is 11.8. The number of carbonyl (C=O) groups excluding carboxylic acids is 2. The Balaban J connectivity index is 1.92. The number of hydrogen-bond acceptors (Lipinski definition) is 4. The molecule has 0 aliphatic rings. The Labute approximate surface area is 155 Å². The van der Waals surface area contributed by atoms with Crippen LogP contribution in [0.2, 0.25) is 10.0 Å². The lowest BCUT2D eigenvalue weighted by molar-refractivity contribution is -0.136. The lowest BCUT2D eigenvalue weighted by Crippen LogP contribution is -2.32. The highest BCUT2D eigenvalue weighted by molar-refractivity contribution is 6.45. The van der Waals surface area contributed by atoms with Crippen molar-refractivity contribution in [3.05, 3.63) is 58.1 Å². The predicted molar refractivity (Wildman–Crippen MR) is 102 cm³/mol. The van der Waals surface area contributed by atoms with Gasteiger partial charge in [0.25, 0.3) is 0 Å². The highest BCUT2D eigenvalue weighted by atomic mass is 35.5. The molecule has 2 rings (SSSR count). The van der Waals surface area contributed by atoms with E-state index in [9.17, 15) is 9.59 Å². The molecular weight excluding hydrogens is 363 g/mol. The molecule has 0 aliphatic heterocycles. The van der Waals surface area contributed by atoms with E-state index in [1.54, 1.807) is 12.1 Å².